The molecular weight excluding hydrogens is 251 g/mol. The monoisotopic (exact) mass is 258 g/mol. The summed E-state index contributed by atoms with van der Waals surface area (Å²) < 4.78 is 18.4. The molecule has 19 heavy (non-hydrogen) atoms. The standard InChI is InChI=1S/C13H7FN2O3/c14-12-4-2-1-3-11(12)9(8-15)7-10-5-6-13(19-10)16(17)18/h1-7H. The highest BCUT2D eigenvalue weighted by atomic mass is 19.1. The fourth-order valence-corrected chi connectivity index (χ4v) is 1.51. The predicted molar refractivity (Wildman–Crippen MR) is 65.2 cm³/mol. The first kappa shape index (κ1) is 12.5. The van der Waals surface area contributed by atoms with Gasteiger partial charge in [-0.25, -0.2) is 4.39 Å². The molecular formula is C13H7FN2O3. The molecule has 2 rings (SSSR count). The van der Waals surface area contributed by atoms with Gasteiger partial charge < -0.3 is 4.42 Å². The van der Waals surface area contributed by atoms with Crippen molar-refractivity contribution in [3.63, 3.8) is 0 Å². The highest BCUT2D eigenvalue weighted by molar-refractivity contribution is 5.88. The summed E-state index contributed by atoms with van der Waals surface area (Å²) in [6.07, 6.45) is 1.26. The fourth-order valence-electron chi connectivity index (χ4n) is 1.51. The van der Waals surface area contributed by atoms with E-state index >= 15 is 0 Å². The first-order valence-electron chi connectivity index (χ1n) is 5.22. The molecule has 0 radical (unpaired) electrons. The summed E-state index contributed by atoms with van der Waals surface area (Å²) in [6, 6.07) is 10.1. The average molecular weight is 258 g/mol. The molecule has 1 heterocycles. The molecule has 0 saturated carbocycles. The Labute approximate surface area is 107 Å². The van der Waals surface area contributed by atoms with E-state index in [1.165, 1.54) is 36.4 Å². The van der Waals surface area contributed by atoms with Crippen LogP contribution in [-0.2, 0) is 0 Å². The summed E-state index contributed by atoms with van der Waals surface area (Å²) in [4.78, 5) is 9.77. The molecule has 94 valence electrons. The molecule has 0 unspecified atom stereocenters. The minimum atomic E-state index is -0.688. The lowest BCUT2D eigenvalue weighted by Crippen LogP contribution is -1.87. The maximum Gasteiger partial charge on any atom is 0.433 e. The topological polar surface area (TPSA) is 80.1 Å². The maximum atomic E-state index is 13.5. The quantitative estimate of drug-likeness (QED) is 0.480. The first-order valence-corrected chi connectivity index (χ1v) is 5.22. The van der Waals surface area contributed by atoms with Crippen LogP contribution in [0.5, 0.6) is 0 Å². The molecule has 0 bridgehead atoms. The zero-order valence-corrected chi connectivity index (χ0v) is 9.54. The molecule has 0 spiro atoms. The van der Waals surface area contributed by atoms with E-state index in [1.54, 1.807) is 6.07 Å². The third-order valence-electron chi connectivity index (χ3n) is 2.36. The van der Waals surface area contributed by atoms with E-state index in [-0.39, 0.29) is 16.9 Å². The van der Waals surface area contributed by atoms with Crippen LogP contribution in [0, 0.1) is 27.3 Å². The Balaban J connectivity index is 2.42. The summed E-state index contributed by atoms with van der Waals surface area (Å²) in [5.41, 5.74) is 0.145. The highest BCUT2D eigenvalue weighted by Crippen LogP contribution is 2.23. The van der Waals surface area contributed by atoms with Crippen molar-refractivity contribution in [3.8, 4) is 6.07 Å². The van der Waals surface area contributed by atoms with Crippen molar-refractivity contribution in [2.45, 2.75) is 0 Å². The van der Waals surface area contributed by atoms with Gasteiger partial charge in [-0.1, -0.05) is 18.2 Å². The van der Waals surface area contributed by atoms with Crippen molar-refractivity contribution >= 4 is 17.5 Å². The van der Waals surface area contributed by atoms with E-state index in [0.29, 0.717) is 0 Å². The summed E-state index contributed by atoms with van der Waals surface area (Å²) in [6.45, 7) is 0. The molecule has 0 aliphatic carbocycles. The normalized spacial score (nSPS) is 11.1. The van der Waals surface area contributed by atoms with Crippen LogP contribution in [0.15, 0.2) is 40.8 Å². The van der Waals surface area contributed by atoms with Crippen LogP contribution in [0.1, 0.15) is 11.3 Å². The molecule has 0 atom stereocenters. The zero-order valence-electron chi connectivity index (χ0n) is 9.54. The van der Waals surface area contributed by atoms with Gasteiger partial charge in [0.2, 0.25) is 0 Å². The van der Waals surface area contributed by atoms with Crippen molar-refractivity contribution in [1.82, 2.24) is 0 Å². The highest BCUT2D eigenvalue weighted by Gasteiger charge is 2.12. The number of hydrogen-bond donors (Lipinski definition) is 0. The zero-order chi connectivity index (χ0) is 13.8. The number of furan rings is 1. The van der Waals surface area contributed by atoms with Gasteiger partial charge in [0.15, 0.2) is 0 Å². The minimum absolute atomic E-state index is 0.0300. The lowest BCUT2D eigenvalue weighted by molar-refractivity contribution is -0.402. The summed E-state index contributed by atoms with van der Waals surface area (Å²) >= 11 is 0. The Morgan fingerprint density at radius 2 is 2.11 bits per heavy atom. The van der Waals surface area contributed by atoms with Gasteiger partial charge in [0.05, 0.1) is 17.7 Å². The number of nitriles is 1. The Kier molecular flexibility index (Phi) is 3.39. The molecule has 1 aromatic heterocycles. The molecule has 0 saturated heterocycles. The third-order valence-corrected chi connectivity index (χ3v) is 2.36. The third kappa shape index (κ3) is 2.66. The lowest BCUT2D eigenvalue weighted by atomic mass is 10.1. The van der Waals surface area contributed by atoms with Gasteiger partial charge in [-0.15, -0.1) is 0 Å². The van der Waals surface area contributed by atoms with Crippen LogP contribution in [0.3, 0.4) is 0 Å². The summed E-state index contributed by atoms with van der Waals surface area (Å²) in [5.74, 6) is -0.861. The van der Waals surface area contributed by atoms with Gasteiger partial charge in [-0.3, -0.25) is 10.1 Å². The smallest absolute Gasteiger partial charge is 0.401 e. The van der Waals surface area contributed by atoms with Crippen LogP contribution in [0.25, 0.3) is 11.6 Å². The lowest BCUT2D eigenvalue weighted by Gasteiger charge is -1.99. The van der Waals surface area contributed by atoms with Crippen molar-refractivity contribution in [1.29, 1.82) is 5.26 Å². The second-order valence-corrected chi connectivity index (χ2v) is 3.58. The number of halogens is 1. The molecule has 0 N–H and O–H groups in total. The second-order valence-electron chi connectivity index (χ2n) is 3.58. The van der Waals surface area contributed by atoms with Gasteiger partial charge in [-0.05, 0) is 18.2 Å². The number of benzene rings is 1. The van der Waals surface area contributed by atoms with Gasteiger partial charge in [-0.2, -0.15) is 5.26 Å². The predicted octanol–water partition coefficient (Wildman–Crippen LogP) is 3.39. The minimum Gasteiger partial charge on any atom is -0.401 e. The van der Waals surface area contributed by atoms with Crippen LogP contribution in [-0.4, -0.2) is 4.92 Å². The van der Waals surface area contributed by atoms with Crippen LogP contribution in [0.4, 0.5) is 10.3 Å². The van der Waals surface area contributed by atoms with Gasteiger partial charge in [0.25, 0.3) is 0 Å². The number of nitro groups is 1. The van der Waals surface area contributed by atoms with Crippen LogP contribution < -0.4 is 0 Å². The molecule has 0 amide bonds. The van der Waals surface area contributed by atoms with Crippen molar-refractivity contribution in [2.75, 3.05) is 0 Å². The SMILES string of the molecule is N#CC(=Cc1ccc([N+](=O)[O-])o1)c1ccccc1F. The van der Waals surface area contributed by atoms with Gasteiger partial charge in [0, 0.05) is 5.56 Å². The van der Waals surface area contributed by atoms with Crippen LogP contribution >= 0.6 is 0 Å². The number of nitrogens with zero attached hydrogens (tertiary/aromatic N) is 2. The van der Waals surface area contributed by atoms with E-state index in [1.807, 2.05) is 6.07 Å². The molecule has 2 aromatic rings. The molecule has 0 aliphatic heterocycles. The second kappa shape index (κ2) is 5.14. The van der Waals surface area contributed by atoms with E-state index < -0.39 is 16.6 Å². The largest absolute Gasteiger partial charge is 0.433 e. The van der Waals surface area contributed by atoms with E-state index in [0.717, 1.165) is 0 Å². The van der Waals surface area contributed by atoms with E-state index in [4.69, 9.17) is 9.68 Å². The Hall–Kier alpha value is -2.94. The van der Waals surface area contributed by atoms with Gasteiger partial charge >= 0.3 is 5.88 Å². The Bertz CT molecular complexity index is 698. The Morgan fingerprint density at radius 3 is 2.68 bits per heavy atom. The number of rotatable bonds is 3. The van der Waals surface area contributed by atoms with Crippen molar-refractivity contribution in [2.24, 2.45) is 0 Å². The summed E-state index contributed by atoms with van der Waals surface area (Å²) in [7, 11) is 0. The van der Waals surface area contributed by atoms with Crippen molar-refractivity contribution in [3.05, 3.63) is 63.7 Å². The van der Waals surface area contributed by atoms with E-state index in [2.05, 4.69) is 0 Å². The fraction of sp³-hybridized carbons (Fsp3) is 0. The molecule has 6 heteroatoms. The Morgan fingerprint density at radius 1 is 1.37 bits per heavy atom. The van der Waals surface area contributed by atoms with Crippen LogP contribution in [0.2, 0.25) is 0 Å². The molecule has 5 nitrogen and oxygen atoms in total. The summed E-state index contributed by atoms with van der Waals surface area (Å²) in [5, 5.41) is 19.5. The number of hydrogen-bond acceptors (Lipinski definition) is 4. The first-order chi connectivity index (χ1) is 9.11. The van der Waals surface area contributed by atoms with Crippen molar-refractivity contribution < 1.29 is 13.7 Å². The van der Waals surface area contributed by atoms with Gasteiger partial charge in [0.1, 0.15) is 16.5 Å². The molecule has 1 aromatic carbocycles. The van der Waals surface area contributed by atoms with E-state index in [9.17, 15) is 14.5 Å². The number of allylic oxidation sites excluding steroid dienone is 1. The maximum absolute atomic E-state index is 13.5. The molecule has 0 fully saturated rings. The average Bonchev–Trinajstić information content (AvgIpc) is 2.86. The molecule has 0 aliphatic rings.